The lowest BCUT2D eigenvalue weighted by Gasteiger charge is -2.16. The molecule has 1 aromatic heterocycles. The number of anilines is 1. The van der Waals surface area contributed by atoms with Crippen LogP contribution < -0.4 is 15.5 Å². The van der Waals surface area contributed by atoms with Crippen molar-refractivity contribution in [3.63, 3.8) is 0 Å². The molecule has 0 bridgehead atoms. The maximum atomic E-state index is 12.2. The van der Waals surface area contributed by atoms with Gasteiger partial charge in [0.2, 0.25) is 0 Å². The number of pyridine rings is 1. The lowest BCUT2D eigenvalue weighted by molar-refractivity contribution is -0.121. The summed E-state index contributed by atoms with van der Waals surface area (Å²) in [7, 11) is 0. The summed E-state index contributed by atoms with van der Waals surface area (Å²) in [6, 6.07) is 10.8. The van der Waals surface area contributed by atoms with Gasteiger partial charge in [0.25, 0.3) is 5.91 Å². The fourth-order valence-electron chi connectivity index (χ4n) is 2.07. The molecule has 2 aromatic rings. The van der Waals surface area contributed by atoms with Gasteiger partial charge in [-0.2, -0.15) is 5.10 Å². The molecule has 24 heavy (non-hydrogen) atoms. The van der Waals surface area contributed by atoms with Crippen molar-refractivity contribution >= 4 is 17.8 Å². The first-order chi connectivity index (χ1) is 11.7. The van der Waals surface area contributed by atoms with E-state index in [0.717, 1.165) is 17.0 Å². The molecule has 0 fully saturated rings. The zero-order valence-electron chi connectivity index (χ0n) is 13.9. The van der Waals surface area contributed by atoms with Gasteiger partial charge in [0.1, 0.15) is 11.8 Å². The highest BCUT2D eigenvalue weighted by atomic mass is 16.5. The number of rotatable bonds is 8. The SMILES string of the molecule is CCOc1ccc(N[C@@H](CC)C(=O)N/N=C\c2cccnc2)cc1. The van der Waals surface area contributed by atoms with E-state index in [1.54, 1.807) is 18.6 Å². The molecule has 6 nitrogen and oxygen atoms in total. The highest BCUT2D eigenvalue weighted by Gasteiger charge is 2.15. The molecule has 1 aromatic carbocycles. The third kappa shape index (κ3) is 5.39. The first kappa shape index (κ1) is 17.5. The number of ether oxygens (including phenoxy) is 1. The molecule has 2 N–H and O–H groups in total. The van der Waals surface area contributed by atoms with Gasteiger partial charge in [-0.25, -0.2) is 5.43 Å². The van der Waals surface area contributed by atoms with Crippen molar-refractivity contribution in [1.29, 1.82) is 0 Å². The first-order valence-electron chi connectivity index (χ1n) is 7.95. The molecular weight excluding hydrogens is 304 g/mol. The van der Waals surface area contributed by atoms with E-state index in [9.17, 15) is 4.79 Å². The minimum Gasteiger partial charge on any atom is -0.494 e. The van der Waals surface area contributed by atoms with Gasteiger partial charge in [-0.15, -0.1) is 0 Å². The second-order valence-electron chi connectivity index (χ2n) is 5.08. The van der Waals surface area contributed by atoms with Crippen LogP contribution in [0.5, 0.6) is 5.75 Å². The second-order valence-corrected chi connectivity index (χ2v) is 5.08. The lowest BCUT2D eigenvalue weighted by Crippen LogP contribution is -2.36. The molecule has 1 heterocycles. The monoisotopic (exact) mass is 326 g/mol. The van der Waals surface area contributed by atoms with Crippen molar-refractivity contribution in [3.8, 4) is 5.75 Å². The highest BCUT2D eigenvalue weighted by Crippen LogP contribution is 2.17. The van der Waals surface area contributed by atoms with Crippen LogP contribution in [-0.4, -0.2) is 29.8 Å². The van der Waals surface area contributed by atoms with Crippen molar-refractivity contribution in [1.82, 2.24) is 10.4 Å². The largest absolute Gasteiger partial charge is 0.494 e. The van der Waals surface area contributed by atoms with Gasteiger partial charge in [0, 0.05) is 23.6 Å². The second kappa shape index (κ2) is 9.29. The van der Waals surface area contributed by atoms with E-state index in [0.29, 0.717) is 13.0 Å². The average Bonchev–Trinajstić information content (AvgIpc) is 2.62. The van der Waals surface area contributed by atoms with Gasteiger partial charge in [0.05, 0.1) is 12.8 Å². The summed E-state index contributed by atoms with van der Waals surface area (Å²) in [6.07, 6.45) is 5.56. The molecule has 0 aliphatic carbocycles. The van der Waals surface area contributed by atoms with Crippen molar-refractivity contribution in [2.45, 2.75) is 26.3 Å². The molecule has 1 atom stereocenters. The molecule has 0 spiro atoms. The minimum absolute atomic E-state index is 0.188. The number of carbonyl (C=O) groups is 1. The van der Waals surface area contributed by atoms with Crippen LogP contribution >= 0.6 is 0 Å². The average molecular weight is 326 g/mol. The van der Waals surface area contributed by atoms with Gasteiger partial charge in [-0.1, -0.05) is 13.0 Å². The van der Waals surface area contributed by atoms with Crippen LogP contribution in [0.15, 0.2) is 53.9 Å². The maximum absolute atomic E-state index is 12.2. The quantitative estimate of drug-likeness (QED) is 0.578. The molecule has 0 radical (unpaired) electrons. The lowest BCUT2D eigenvalue weighted by atomic mass is 10.2. The standard InChI is InChI=1S/C18H22N4O2/c1-3-17(21-15-7-9-16(10-8-15)24-4-2)18(23)22-20-13-14-6-5-11-19-12-14/h5-13,17,21H,3-4H2,1-2H3,(H,22,23)/b20-13-/t17-/m0/s1. The van der Waals surface area contributed by atoms with Crippen LogP contribution in [0.1, 0.15) is 25.8 Å². The molecule has 1 amide bonds. The maximum Gasteiger partial charge on any atom is 0.262 e. The van der Waals surface area contributed by atoms with Crippen LogP contribution in [-0.2, 0) is 4.79 Å². The van der Waals surface area contributed by atoms with E-state index in [1.165, 1.54) is 0 Å². The minimum atomic E-state index is -0.367. The molecule has 0 saturated carbocycles. The fourth-order valence-corrected chi connectivity index (χ4v) is 2.07. The molecular formula is C18H22N4O2. The number of hydrazone groups is 1. The molecule has 0 aliphatic rings. The van der Waals surface area contributed by atoms with Gasteiger partial charge in [-0.05, 0) is 43.7 Å². The topological polar surface area (TPSA) is 75.6 Å². The summed E-state index contributed by atoms with van der Waals surface area (Å²) < 4.78 is 5.40. The zero-order chi connectivity index (χ0) is 17.2. The Hall–Kier alpha value is -2.89. The number of hydrogen-bond acceptors (Lipinski definition) is 5. The molecule has 2 rings (SSSR count). The highest BCUT2D eigenvalue weighted by molar-refractivity contribution is 5.86. The molecule has 0 saturated heterocycles. The van der Waals surface area contributed by atoms with Gasteiger partial charge in [-0.3, -0.25) is 9.78 Å². The van der Waals surface area contributed by atoms with Crippen molar-refractivity contribution in [3.05, 3.63) is 54.4 Å². The van der Waals surface area contributed by atoms with Crippen molar-refractivity contribution in [2.75, 3.05) is 11.9 Å². The Morgan fingerprint density at radius 3 is 2.71 bits per heavy atom. The Morgan fingerprint density at radius 1 is 1.29 bits per heavy atom. The molecule has 0 aliphatic heterocycles. The Bertz CT molecular complexity index is 656. The van der Waals surface area contributed by atoms with Gasteiger partial charge < -0.3 is 10.1 Å². The van der Waals surface area contributed by atoms with Gasteiger partial charge in [0.15, 0.2) is 0 Å². The van der Waals surface area contributed by atoms with Crippen LogP contribution in [0.4, 0.5) is 5.69 Å². The van der Waals surface area contributed by atoms with E-state index in [2.05, 4.69) is 20.8 Å². The number of amides is 1. The van der Waals surface area contributed by atoms with E-state index >= 15 is 0 Å². The number of nitrogens with one attached hydrogen (secondary N) is 2. The zero-order valence-corrected chi connectivity index (χ0v) is 13.9. The van der Waals surface area contributed by atoms with Crippen molar-refractivity contribution < 1.29 is 9.53 Å². The normalized spacial score (nSPS) is 11.9. The number of carbonyl (C=O) groups excluding carboxylic acids is 1. The molecule has 0 unspecified atom stereocenters. The third-order valence-electron chi connectivity index (χ3n) is 3.30. The molecule has 6 heteroatoms. The van der Waals surface area contributed by atoms with Crippen LogP contribution in [0.3, 0.4) is 0 Å². The number of nitrogens with zero attached hydrogens (tertiary/aromatic N) is 2. The summed E-state index contributed by atoms with van der Waals surface area (Å²) in [5, 5.41) is 7.16. The predicted octanol–water partition coefficient (Wildman–Crippen LogP) is 2.82. The van der Waals surface area contributed by atoms with Gasteiger partial charge >= 0.3 is 0 Å². The first-order valence-corrected chi connectivity index (χ1v) is 7.95. The van der Waals surface area contributed by atoms with Crippen molar-refractivity contribution in [2.24, 2.45) is 5.10 Å². The number of benzene rings is 1. The summed E-state index contributed by atoms with van der Waals surface area (Å²) in [6.45, 7) is 4.51. The summed E-state index contributed by atoms with van der Waals surface area (Å²) in [4.78, 5) is 16.2. The Kier molecular flexibility index (Phi) is 6.76. The molecule has 126 valence electrons. The summed E-state index contributed by atoms with van der Waals surface area (Å²) in [5.41, 5.74) is 4.23. The number of aromatic nitrogens is 1. The smallest absolute Gasteiger partial charge is 0.262 e. The Labute approximate surface area is 142 Å². The van der Waals surface area contributed by atoms with E-state index < -0.39 is 0 Å². The number of hydrogen-bond donors (Lipinski definition) is 2. The Balaban J connectivity index is 1.90. The predicted molar refractivity (Wildman–Crippen MR) is 95.3 cm³/mol. The van der Waals surface area contributed by atoms with E-state index in [1.807, 2.05) is 50.2 Å². The fraction of sp³-hybridized carbons (Fsp3) is 0.278. The van der Waals surface area contributed by atoms with Crippen LogP contribution in [0, 0.1) is 0 Å². The van der Waals surface area contributed by atoms with E-state index in [-0.39, 0.29) is 11.9 Å². The summed E-state index contributed by atoms with van der Waals surface area (Å²) in [5.74, 6) is 0.619. The third-order valence-corrected chi connectivity index (χ3v) is 3.30. The van der Waals surface area contributed by atoms with Crippen LogP contribution in [0.2, 0.25) is 0 Å². The summed E-state index contributed by atoms with van der Waals surface area (Å²) >= 11 is 0. The van der Waals surface area contributed by atoms with Crippen LogP contribution in [0.25, 0.3) is 0 Å². The Morgan fingerprint density at radius 2 is 2.08 bits per heavy atom. The van der Waals surface area contributed by atoms with E-state index in [4.69, 9.17) is 4.74 Å².